The van der Waals surface area contributed by atoms with Crippen LogP contribution in [0, 0.1) is 5.92 Å². The van der Waals surface area contributed by atoms with Gasteiger partial charge in [0.1, 0.15) is 13.1 Å². The lowest BCUT2D eigenvalue weighted by Gasteiger charge is -2.26. The summed E-state index contributed by atoms with van der Waals surface area (Å²) in [4.78, 5) is 37.9. The molecule has 2 heterocycles. The average Bonchev–Trinajstić information content (AvgIpc) is 2.79. The predicted molar refractivity (Wildman–Crippen MR) is 74.6 cm³/mol. The van der Waals surface area contributed by atoms with Crippen LogP contribution in [0.1, 0.15) is 34.1 Å². The Balaban J connectivity index is 1.84. The highest BCUT2D eigenvalue weighted by Crippen LogP contribution is 2.33. The number of rotatable bonds is 1. The smallest absolute Gasteiger partial charge is 0.255 e. The minimum atomic E-state index is -0.410. The fourth-order valence-corrected chi connectivity index (χ4v) is 4.05. The van der Waals surface area contributed by atoms with E-state index >= 15 is 0 Å². The number of nitrogens with one attached hydrogen (secondary N) is 1. The molecule has 0 spiro atoms. The summed E-state index contributed by atoms with van der Waals surface area (Å²) in [5, 5.41) is 4.09. The topological polar surface area (TPSA) is 66.5 Å². The Kier molecular flexibility index (Phi) is 3.33. The number of thiophene rings is 1. The van der Waals surface area contributed by atoms with E-state index in [1.165, 1.54) is 9.78 Å². The van der Waals surface area contributed by atoms with Crippen LogP contribution in [0.5, 0.6) is 0 Å². The molecule has 3 amide bonds. The van der Waals surface area contributed by atoms with Gasteiger partial charge in [0.25, 0.3) is 5.91 Å². The Hall–Kier alpha value is -1.69. The first-order valence-electron chi connectivity index (χ1n) is 6.75. The first kappa shape index (κ1) is 13.3. The fourth-order valence-electron chi connectivity index (χ4n) is 2.81. The lowest BCUT2D eigenvalue weighted by molar-refractivity contribution is -0.135. The SMILES string of the molecule is CC1CCc2c(C(=O)N3CC(=O)NC(=O)C3)csc2C1. The van der Waals surface area contributed by atoms with Gasteiger partial charge in [0, 0.05) is 10.3 Å². The third-order valence-corrected chi connectivity index (χ3v) is 4.92. The van der Waals surface area contributed by atoms with E-state index in [1.807, 2.05) is 5.38 Å². The number of imide groups is 1. The van der Waals surface area contributed by atoms with Gasteiger partial charge >= 0.3 is 0 Å². The molecule has 1 saturated heterocycles. The third-order valence-electron chi connectivity index (χ3n) is 3.87. The average molecular weight is 292 g/mol. The molecule has 20 heavy (non-hydrogen) atoms. The normalized spacial score (nSPS) is 22.4. The van der Waals surface area contributed by atoms with Gasteiger partial charge in [-0.1, -0.05) is 6.92 Å². The second-order valence-electron chi connectivity index (χ2n) is 5.53. The number of carbonyl (C=O) groups is 3. The van der Waals surface area contributed by atoms with Crippen molar-refractivity contribution in [2.75, 3.05) is 13.1 Å². The molecule has 1 aromatic rings. The maximum Gasteiger partial charge on any atom is 0.255 e. The number of hydrogen-bond donors (Lipinski definition) is 1. The molecule has 6 heteroatoms. The number of hydrogen-bond acceptors (Lipinski definition) is 4. The maximum atomic E-state index is 12.5. The quantitative estimate of drug-likeness (QED) is 0.784. The Morgan fingerprint density at radius 3 is 2.75 bits per heavy atom. The van der Waals surface area contributed by atoms with E-state index in [2.05, 4.69) is 12.2 Å². The first-order valence-corrected chi connectivity index (χ1v) is 7.63. The number of nitrogens with zero attached hydrogens (tertiary/aromatic N) is 1. The molecule has 1 aliphatic heterocycles. The number of fused-ring (bicyclic) bond motifs is 1. The molecule has 3 rings (SSSR count). The Labute approximate surface area is 121 Å². The first-order chi connectivity index (χ1) is 9.54. The van der Waals surface area contributed by atoms with Gasteiger partial charge in [0.2, 0.25) is 11.8 Å². The zero-order valence-corrected chi connectivity index (χ0v) is 12.1. The van der Waals surface area contributed by atoms with Crippen molar-refractivity contribution in [3.8, 4) is 0 Å². The molecule has 5 nitrogen and oxygen atoms in total. The van der Waals surface area contributed by atoms with Gasteiger partial charge < -0.3 is 4.90 Å². The summed E-state index contributed by atoms with van der Waals surface area (Å²) in [5.74, 6) is -0.355. The van der Waals surface area contributed by atoms with Crippen molar-refractivity contribution in [3.05, 3.63) is 21.4 Å². The van der Waals surface area contributed by atoms with Crippen molar-refractivity contribution in [1.82, 2.24) is 10.2 Å². The summed E-state index contributed by atoms with van der Waals surface area (Å²) < 4.78 is 0. The van der Waals surface area contributed by atoms with Crippen molar-refractivity contribution < 1.29 is 14.4 Å². The van der Waals surface area contributed by atoms with Gasteiger partial charge in [-0.25, -0.2) is 0 Å². The monoisotopic (exact) mass is 292 g/mol. The third kappa shape index (κ3) is 2.35. The Morgan fingerprint density at radius 2 is 2.05 bits per heavy atom. The Morgan fingerprint density at radius 1 is 1.35 bits per heavy atom. The van der Waals surface area contributed by atoms with Crippen LogP contribution < -0.4 is 5.32 Å². The van der Waals surface area contributed by atoms with Crippen LogP contribution >= 0.6 is 11.3 Å². The highest BCUT2D eigenvalue weighted by molar-refractivity contribution is 7.10. The van der Waals surface area contributed by atoms with E-state index in [4.69, 9.17) is 0 Å². The second-order valence-corrected chi connectivity index (χ2v) is 6.50. The van der Waals surface area contributed by atoms with Crippen molar-refractivity contribution in [2.45, 2.75) is 26.2 Å². The second kappa shape index (κ2) is 5.01. The van der Waals surface area contributed by atoms with E-state index in [0.717, 1.165) is 24.8 Å². The van der Waals surface area contributed by atoms with Gasteiger partial charge in [-0.05, 0) is 30.7 Å². The van der Waals surface area contributed by atoms with Crippen LogP contribution in [0.3, 0.4) is 0 Å². The van der Waals surface area contributed by atoms with Crippen molar-refractivity contribution in [2.24, 2.45) is 5.92 Å². The Bertz CT molecular complexity index is 577. The van der Waals surface area contributed by atoms with Gasteiger partial charge in [-0.3, -0.25) is 19.7 Å². The number of piperazine rings is 1. The summed E-state index contributed by atoms with van der Waals surface area (Å²) in [6, 6.07) is 0. The van der Waals surface area contributed by atoms with Crippen molar-refractivity contribution >= 4 is 29.1 Å². The van der Waals surface area contributed by atoms with Gasteiger partial charge in [0.05, 0.1) is 5.56 Å². The summed E-state index contributed by atoms with van der Waals surface area (Å²) in [6.07, 6.45) is 3.02. The molecule has 0 saturated carbocycles. The van der Waals surface area contributed by atoms with E-state index < -0.39 is 11.8 Å². The molecule has 0 radical (unpaired) electrons. The number of carbonyl (C=O) groups excluding carboxylic acids is 3. The van der Waals surface area contributed by atoms with Crippen LogP contribution in [0.2, 0.25) is 0 Å². The van der Waals surface area contributed by atoms with Crippen molar-refractivity contribution in [3.63, 3.8) is 0 Å². The summed E-state index contributed by atoms with van der Waals surface area (Å²) in [7, 11) is 0. The molecular formula is C14H16N2O3S. The molecule has 0 aromatic carbocycles. The molecule has 1 unspecified atom stereocenters. The summed E-state index contributed by atoms with van der Waals surface area (Å²) >= 11 is 1.62. The summed E-state index contributed by atoms with van der Waals surface area (Å²) in [6.45, 7) is 2.15. The zero-order valence-electron chi connectivity index (χ0n) is 11.3. The van der Waals surface area contributed by atoms with Crippen LogP contribution in [0.15, 0.2) is 5.38 Å². The minimum absolute atomic E-state index is 0.0361. The minimum Gasteiger partial charge on any atom is -0.320 e. The van der Waals surface area contributed by atoms with Crippen LogP contribution in [0.25, 0.3) is 0 Å². The highest BCUT2D eigenvalue weighted by Gasteiger charge is 2.30. The van der Waals surface area contributed by atoms with Crippen LogP contribution in [-0.2, 0) is 22.4 Å². The zero-order chi connectivity index (χ0) is 14.3. The molecular weight excluding hydrogens is 276 g/mol. The summed E-state index contributed by atoms with van der Waals surface area (Å²) in [5.41, 5.74) is 1.80. The van der Waals surface area contributed by atoms with E-state index in [9.17, 15) is 14.4 Å². The molecule has 1 atom stereocenters. The molecule has 1 aromatic heterocycles. The lowest BCUT2D eigenvalue weighted by Crippen LogP contribution is -2.53. The lowest BCUT2D eigenvalue weighted by atomic mass is 9.88. The molecule has 2 aliphatic rings. The van der Waals surface area contributed by atoms with E-state index in [-0.39, 0.29) is 19.0 Å². The fraction of sp³-hybridized carbons (Fsp3) is 0.500. The van der Waals surface area contributed by atoms with Gasteiger partial charge in [0.15, 0.2) is 0 Å². The molecule has 0 bridgehead atoms. The van der Waals surface area contributed by atoms with Crippen molar-refractivity contribution in [1.29, 1.82) is 0 Å². The van der Waals surface area contributed by atoms with Gasteiger partial charge in [-0.2, -0.15) is 0 Å². The largest absolute Gasteiger partial charge is 0.320 e. The molecule has 1 N–H and O–H groups in total. The molecule has 1 aliphatic carbocycles. The number of amides is 3. The maximum absolute atomic E-state index is 12.5. The molecule has 1 fully saturated rings. The van der Waals surface area contributed by atoms with E-state index in [1.54, 1.807) is 11.3 Å². The highest BCUT2D eigenvalue weighted by atomic mass is 32.1. The van der Waals surface area contributed by atoms with Crippen LogP contribution in [0.4, 0.5) is 0 Å². The van der Waals surface area contributed by atoms with Gasteiger partial charge in [-0.15, -0.1) is 11.3 Å². The molecule has 106 valence electrons. The standard InChI is InChI=1S/C14H16N2O3S/c1-8-2-3-9-10(7-20-11(9)4-8)14(19)16-5-12(17)15-13(18)6-16/h7-8H,2-6H2,1H3,(H,15,17,18). The van der Waals surface area contributed by atoms with Crippen LogP contribution in [-0.4, -0.2) is 35.7 Å². The predicted octanol–water partition coefficient (Wildman–Crippen LogP) is 0.972. The van der Waals surface area contributed by atoms with E-state index in [0.29, 0.717) is 11.5 Å².